The zero-order valence-corrected chi connectivity index (χ0v) is 9.19. The summed E-state index contributed by atoms with van der Waals surface area (Å²) < 4.78 is 22.2. The van der Waals surface area contributed by atoms with Crippen molar-refractivity contribution in [2.45, 2.75) is 11.4 Å². The lowest BCUT2D eigenvalue weighted by Crippen LogP contribution is -2.14. The van der Waals surface area contributed by atoms with Crippen LogP contribution in [-0.4, -0.2) is 15.5 Å². The van der Waals surface area contributed by atoms with Crippen molar-refractivity contribution in [3.8, 4) is 0 Å². The maximum atomic E-state index is 11.1. The highest BCUT2D eigenvalue weighted by Crippen LogP contribution is 2.21. The highest BCUT2D eigenvalue weighted by molar-refractivity contribution is 7.89. The van der Waals surface area contributed by atoms with Gasteiger partial charge in [-0.1, -0.05) is 17.7 Å². The Bertz CT molecular complexity index is 431. The predicted octanol–water partition coefficient (Wildman–Crippen LogP) is 0.707. The third-order valence-corrected chi connectivity index (χ3v) is 3.08. The van der Waals surface area contributed by atoms with Gasteiger partial charge in [-0.2, -0.15) is 0 Å². The van der Waals surface area contributed by atoms with Crippen LogP contribution in [0.25, 0.3) is 0 Å². The van der Waals surface area contributed by atoms with Crippen molar-refractivity contribution in [1.82, 2.24) is 5.32 Å². The van der Waals surface area contributed by atoms with Gasteiger partial charge < -0.3 is 5.32 Å². The summed E-state index contributed by atoms with van der Waals surface area (Å²) in [6.45, 7) is 0.569. The normalized spacial score (nSPS) is 11.6. The minimum atomic E-state index is -3.73. The van der Waals surface area contributed by atoms with Crippen molar-refractivity contribution < 1.29 is 8.42 Å². The van der Waals surface area contributed by atoms with Crippen LogP contribution in [0.15, 0.2) is 23.1 Å². The van der Waals surface area contributed by atoms with Crippen LogP contribution in [0, 0.1) is 0 Å². The minimum Gasteiger partial charge on any atom is -0.316 e. The van der Waals surface area contributed by atoms with Crippen molar-refractivity contribution >= 4 is 21.6 Å². The predicted molar refractivity (Wildman–Crippen MR) is 55.6 cm³/mol. The molecule has 0 aliphatic rings. The molecule has 0 heterocycles. The Morgan fingerprint density at radius 1 is 1.50 bits per heavy atom. The first-order valence-corrected chi connectivity index (χ1v) is 5.83. The quantitative estimate of drug-likeness (QED) is 0.809. The molecule has 1 aromatic rings. The Morgan fingerprint density at radius 3 is 2.64 bits per heavy atom. The molecule has 3 N–H and O–H groups in total. The van der Waals surface area contributed by atoms with E-state index in [4.69, 9.17) is 16.7 Å². The second kappa shape index (κ2) is 4.27. The Balaban J connectivity index is 3.22. The molecule has 0 unspecified atom stereocenters. The van der Waals surface area contributed by atoms with Gasteiger partial charge in [0.25, 0.3) is 0 Å². The van der Waals surface area contributed by atoms with E-state index < -0.39 is 10.0 Å². The first kappa shape index (κ1) is 11.5. The summed E-state index contributed by atoms with van der Waals surface area (Å²) >= 11 is 5.70. The van der Waals surface area contributed by atoms with Crippen LogP contribution >= 0.6 is 11.6 Å². The Labute approximate surface area is 88.1 Å². The monoisotopic (exact) mass is 234 g/mol. The lowest BCUT2D eigenvalue weighted by Gasteiger charge is -2.05. The molecule has 4 nitrogen and oxygen atoms in total. The molecule has 14 heavy (non-hydrogen) atoms. The fourth-order valence-corrected chi connectivity index (χ4v) is 2.18. The highest BCUT2D eigenvalue weighted by Gasteiger charge is 2.12. The van der Waals surface area contributed by atoms with Gasteiger partial charge in [0.2, 0.25) is 10.0 Å². The summed E-state index contributed by atoms with van der Waals surface area (Å²) in [5.41, 5.74) is 0.820. The van der Waals surface area contributed by atoms with Gasteiger partial charge in [0, 0.05) is 6.54 Å². The summed E-state index contributed by atoms with van der Waals surface area (Å²) in [6, 6.07) is 4.73. The largest absolute Gasteiger partial charge is 0.316 e. The fraction of sp³-hybridized carbons (Fsp3) is 0.250. The molecular weight excluding hydrogens is 224 g/mol. The molecule has 0 fully saturated rings. The van der Waals surface area contributed by atoms with Gasteiger partial charge in [-0.15, -0.1) is 0 Å². The van der Waals surface area contributed by atoms with Crippen LogP contribution in [0.1, 0.15) is 5.56 Å². The van der Waals surface area contributed by atoms with Gasteiger partial charge in [-0.05, 0) is 24.7 Å². The van der Waals surface area contributed by atoms with E-state index in [1.165, 1.54) is 12.1 Å². The van der Waals surface area contributed by atoms with Gasteiger partial charge in [-0.25, -0.2) is 13.6 Å². The summed E-state index contributed by atoms with van der Waals surface area (Å²) in [5.74, 6) is 0. The summed E-state index contributed by atoms with van der Waals surface area (Å²) in [4.78, 5) is -0.0353. The van der Waals surface area contributed by atoms with E-state index in [0.29, 0.717) is 6.54 Å². The summed E-state index contributed by atoms with van der Waals surface area (Å²) in [7, 11) is -1.96. The number of hydrogen-bond donors (Lipinski definition) is 2. The van der Waals surface area contributed by atoms with E-state index in [1.807, 2.05) is 0 Å². The maximum Gasteiger partial charge on any atom is 0.239 e. The van der Waals surface area contributed by atoms with Crippen molar-refractivity contribution in [3.05, 3.63) is 28.8 Å². The van der Waals surface area contributed by atoms with Gasteiger partial charge in [0.15, 0.2) is 0 Å². The third kappa shape index (κ3) is 2.68. The van der Waals surface area contributed by atoms with E-state index in [9.17, 15) is 8.42 Å². The minimum absolute atomic E-state index is 0.0353. The second-order valence-electron chi connectivity index (χ2n) is 2.84. The first-order valence-electron chi connectivity index (χ1n) is 3.91. The SMILES string of the molecule is CNCc1ccc(Cl)c(S(N)(=O)=O)c1. The molecule has 0 spiro atoms. The van der Waals surface area contributed by atoms with E-state index in [0.717, 1.165) is 5.56 Å². The zero-order chi connectivity index (χ0) is 10.8. The van der Waals surface area contributed by atoms with E-state index in [1.54, 1.807) is 13.1 Å². The molecule has 0 saturated heterocycles. The summed E-state index contributed by atoms with van der Waals surface area (Å²) in [5, 5.41) is 8.04. The average Bonchev–Trinajstić information content (AvgIpc) is 2.07. The number of benzene rings is 1. The topological polar surface area (TPSA) is 72.2 Å². The number of sulfonamides is 1. The van der Waals surface area contributed by atoms with E-state index in [2.05, 4.69) is 5.32 Å². The van der Waals surface area contributed by atoms with Gasteiger partial charge in [-0.3, -0.25) is 0 Å². The fourth-order valence-electron chi connectivity index (χ4n) is 1.08. The molecule has 0 atom stereocenters. The Morgan fingerprint density at radius 2 is 2.14 bits per heavy atom. The van der Waals surface area contributed by atoms with E-state index in [-0.39, 0.29) is 9.92 Å². The van der Waals surface area contributed by atoms with Crippen LogP contribution in [0.2, 0.25) is 5.02 Å². The average molecular weight is 235 g/mol. The first-order chi connectivity index (χ1) is 6.45. The van der Waals surface area contributed by atoms with Gasteiger partial charge in [0.05, 0.1) is 5.02 Å². The Hall–Kier alpha value is -0.620. The van der Waals surface area contributed by atoms with Crippen LogP contribution in [-0.2, 0) is 16.6 Å². The van der Waals surface area contributed by atoms with Crippen molar-refractivity contribution in [1.29, 1.82) is 0 Å². The number of rotatable bonds is 3. The number of nitrogens with one attached hydrogen (secondary N) is 1. The van der Waals surface area contributed by atoms with Crippen molar-refractivity contribution in [2.24, 2.45) is 5.14 Å². The molecule has 0 radical (unpaired) electrons. The molecule has 78 valence electrons. The molecule has 1 rings (SSSR count). The summed E-state index contributed by atoms with van der Waals surface area (Å²) in [6.07, 6.45) is 0. The highest BCUT2D eigenvalue weighted by atomic mass is 35.5. The molecule has 0 aliphatic heterocycles. The molecule has 6 heteroatoms. The van der Waals surface area contributed by atoms with Crippen LogP contribution in [0.4, 0.5) is 0 Å². The van der Waals surface area contributed by atoms with Crippen LogP contribution in [0.3, 0.4) is 0 Å². The Kier molecular flexibility index (Phi) is 3.49. The third-order valence-electron chi connectivity index (χ3n) is 1.68. The maximum absolute atomic E-state index is 11.1. The molecule has 0 aromatic heterocycles. The van der Waals surface area contributed by atoms with Gasteiger partial charge >= 0.3 is 0 Å². The van der Waals surface area contributed by atoms with Crippen LogP contribution < -0.4 is 10.5 Å². The van der Waals surface area contributed by atoms with Crippen molar-refractivity contribution in [2.75, 3.05) is 7.05 Å². The number of nitrogens with two attached hydrogens (primary N) is 1. The van der Waals surface area contributed by atoms with Crippen LogP contribution in [0.5, 0.6) is 0 Å². The number of hydrogen-bond acceptors (Lipinski definition) is 3. The van der Waals surface area contributed by atoms with E-state index >= 15 is 0 Å². The standard InChI is InChI=1S/C8H11ClN2O2S/c1-11-5-6-2-3-7(9)8(4-6)14(10,12)13/h2-4,11H,5H2,1H3,(H2,10,12,13). The molecule has 0 bridgehead atoms. The lowest BCUT2D eigenvalue weighted by molar-refractivity contribution is 0.597. The smallest absolute Gasteiger partial charge is 0.239 e. The second-order valence-corrected chi connectivity index (χ2v) is 4.78. The number of halogens is 1. The molecular formula is C8H11ClN2O2S. The zero-order valence-electron chi connectivity index (χ0n) is 7.62. The lowest BCUT2D eigenvalue weighted by atomic mass is 10.2. The molecule has 0 amide bonds. The van der Waals surface area contributed by atoms with Gasteiger partial charge in [0.1, 0.15) is 4.90 Å². The molecule has 0 aliphatic carbocycles. The molecule has 0 saturated carbocycles. The molecule has 1 aromatic carbocycles. The van der Waals surface area contributed by atoms with Crippen molar-refractivity contribution in [3.63, 3.8) is 0 Å². The number of primary sulfonamides is 1.